The first-order valence-corrected chi connectivity index (χ1v) is 8.08. The van der Waals surface area contributed by atoms with Gasteiger partial charge in [0.15, 0.2) is 0 Å². The first kappa shape index (κ1) is 15.1. The molecule has 2 aliphatic rings. The molecule has 2 heterocycles. The largest absolute Gasteiger partial charge is 0.302 e. The van der Waals surface area contributed by atoms with Crippen LogP contribution < -0.4 is 0 Å². The minimum atomic E-state index is 0.684. The van der Waals surface area contributed by atoms with Crippen LogP contribution >= 0.6 is 0 Å². The summed E-state index contributed by atoms with van der Waals surface area (Å²) in [5.41, 5.74) is 1.99. The molecular formula is C17H32N2. The highest BCUT2D eigenvalue weighted by Gasteiger charge is 2.44. The topological polar surface area (TPSA) is 6.48 Å². The molecular weight excluding hydrogens is 232 g/mol. The molecule has 0 N–H and O–H groups in total. The maximum atomic E-state index is 4.03. The lowest BCUT2D eigenvalue weighted by molar-refractivity contribution is -0.0455. The summed E-state index contributed by atoms with van der Waals surface area (Å²) in [5, 5.41) is 0. The zero-order valence-corrected chi connectivity index (χ0v) is 13.2. The summed E-state index contributed by atoms with van der Waals surface area (Å²) in [6.07, 6.45) is 5.58. The van der Waals surface area contributed by atoms with Gasteiger partial charge in [0, 0.05) is 19.6 Å². The lowest BCUT2D eigenvalue weighted by Crippen LogP contribution is -2.60. The standard InChI is InChI=1S/C17H32N2/c1-15(2)6-5-9-19-13-17(14-19)7-10-18(11-8-17)12-16(3)4/h15H,3,5-14H2,1-2,4H3. The third kappa shape index (κ3) is 4.32. The molecule has 2 heteroatoms. The van der Waals surface area contributed by atoms with Gasteiger partial charge < -0.3 is 4.90 Å². The van der Waals surface area contributed by atoms with E-state index in [2.05, 4.69) is 37.1 Å². The predicted octanol–water partition coefficient (Wildman–Crippen LogP) is 3.40. The molecule has 19 heavy (non-hydrogen) atoms. The van der Waals surface area contributed by atoms with Crippen LogP contribution in [0.2, 0.25) is 0 Å². The molecule has 0 aromatic heterocycles. The van der Waals surface area contributed by atoms with Crippen LogP contribution in [0.3, 0.4) is 0 Å². The molecule has 0 bridgehead atoms. The molecule has 1 spiro atoms. The number of hydrogen-bond donors (Lipinski definition) is 0. The van der Waals surface area contributed by atoms with Gasteiger partial charge in [0.05, 0.1) is 0 Å². The van der Waals surface area contributed by atoms with E-state index in [1.54, 1.807) is 0 Å². The molecule has 2 saturated heterocycles. The first-order valence-electron chi connectivity index (χ1n) is 8.08. The Morgan fingerprint density at radius 3 is 2.32 bits per heavy atom. The van der Waals surface area contributed by atoms with E-state index < -0.39 is 0 Å². The summed E-state index contributed by atoms with van der Waals surface area (Å²) in [6.45, 7) is 18.6. The molecule has 2 nitrogen and oxygen atoms in total. The van der Waals surface area contributed by atoms with Crippen molar-refractivity contribution >= 4 is 0 Å². The van der Waals surface area contributed by atoms with Gasteiger partial charge in [0.2, 0.25) is 0 Å². The Morgan fingerprint density at radius 2 is 1.79 bits per heavy atom. The van der Waals surface area contributed by atoms with Gasteiger partial charge >= 0.3 is 0 Å². The summed E-state index contributed by atoms with van der Waals surface area (Å²) >= 11 is 0. The second-order valence-corrected chi connectivity index (χ2v) is 7.48. The Kier molecular flexibility index (Phi) is 5.08. The van der Waals surface area contributed by atoms with Crippen molar-refractivity contribution < 1.29 is 0 Å². The van der Waals surface area contributed by atoms with E-state index in [0.29, 0.717) is 5.41 Å². The van der Waals surface area contributed by atoms with Gasteiger partial charge in [-0.2, -0.15) is 0 Å². The van der Waals surface area contributed by atoms with Gasteiger partial charge in [0.1, 0.15) is 0 Å². The average molecular weight is 264 g/mol. The van der Waals surface area contributed by atoms with Gasteiger partial charge in [-0.05, 0) is 63.6 Å². The van der Waals surface area contributed by atoms with E-state index >= 15 is 0 Å². The highest BCUT2D eigenvalue weighted by Crippen LogP contribution is 2.40. The van der Waals surface area contributed by atoms with Crippen LogP contribution in [-0.4, -0.2) is 49.1 Å². The van der Waals surface area contributed by atoms with Crippen molar-refractivity contribution in [2.45, 2.75) is 46.5 Å². The number of hydrogen-bond acceptors (Lipinski definition) is 2. The van der Waals surface area contributed by atoms with E-state index in [0.717, 1.165) is 12.5 Å². The van der Waals surface area contributed by atoms with Gasteiger partial charge in [-0.15, -0.1) is 0 Å². The van der Waals surface area contributed by atoms with E-state index in [1.165, 1.54) is 64.0 Å². The molecule has 0 aromatic rings. The van der Waals surface area contributed by atoms with E-state index in [-0.39, 0.29) is 0 Å². The summed E-state index contributed by atoms with van der Waals surface area (Å²) in [7, 11) is 0. The lowest BCUT2D eigenvalue weighted by Gasteiger charge is -2.54. The van der Waals surface area contributed by atoms with Crippen LogP contribution in [-0.2, 0) is 0 Å². The third-order valence-corrected chi connectivity index (χ3v) is 4.78. The van der Waals surface area contributed by atoms with Crippen LogP contribution in [0.25, 0.3) is 0 Å². The first-order chi connectivity index (χ1) is 8.99. The lowest BCUT2D eigenvalue weighted by atomic mass is 9.72. The van der Waals surface area contributed by atoms with E-state index in [1.807, 2.05) is 0 Å². The van der Waals surface area contributed by atoms with Crippen LogP contribution in [0.1, 0.15) is 46.5 Å². The molecule has 2 rings (SSSR count). The van der Waals surface area contributed by atoms with Crippen molar-refractivity contribution in [3.63, 3.8) is 0 Å². The minimum absolute atomic E-state index is 0.684. The molecule has 0 aromatic carbocycles. The van der Waals surface area contributed by atoms with Crippen molar-refractivity contribution in [1.29, 1.82) is 0 Å². The monoisotopic (exact) mass is 264 g/mol. The molecule has 0 radical (unpaired) electrons. The van der Waals surface area contributed by atoms with Crippen LogP contribution in [0.5, 0.6) is 0 Å². The molecule has 0 aliphatic carbocycles. The van der Waals surface area contributed by atoms with Gasteiger partial charge in [0.25, 0.3) is 0 Å². The zero-order chi connectivity index (χ0) is 13.9. The molecule has 2 fully saturated rings. The highest BCUT2D eigenvalue weighted by atomic mass is 15.2. The Hall–Kier alpha value is -0.340. The molecule has 0 saturated carbocycles. The van der Waals surface area contributed by atoms with Crippen molar-refractivity contribution in [2.24, 2.45) is 11.3 Å². The number of piperidine rings is 1. The normalized spacial score (nSPS) is 23.8. The second-order valence-electron chi connectivity index (χ2n) is 7.48. The molecule has 0 amide bonds. The van der Waals surface area contributed by atoms with Crippen molar-refractivity contribution in [3.8, 4) is 0 Å². The summed E-state index contributed by atoms with van der Waals surface area (Å²) in [6, 6.07) is 0. The van der Waals surface area contributed by atoms with Crippen molar-refractivity contribution in [3.05, 3.63) is 12.2 Å². The van der Waals surface area contributed by atoms with E-state index in [4.69, 9.17) is 0 Å². The van der Waals surface area contributed by atoms with Gasteiger partial charge in [-0.1, -0.05) is 26.0 Å². The second kappa shape index (κ2) is 6.41. The molecule has 110 valence electrons. The Labute approximate surface area is 119 Å². The van der Waals surface area contributed by atoms with Crippen molar-refractivity contribution in [2.75, 3.05) is 39.3 Å². The minimum Gasteiger partial charge on any atom is -0.302 e. The SMILES string of the molecule is C=C(C)CN1CCC2(CC1)CN(CCCC(C)C)C2. The molecule has 0 atom stereocenters. The number of nitrogens with zero attached hydrogens (tertiary/aromatic N) is 2. The predicted molar refractivity (Wildman–Crippen MR) is 83.4 cm³/mol. The summed E-state index contributed by atoms with van der Waals surface area (Å²) in [4.78, 5) is 5.26. The smallest absolute Gasteiger partial charge is 0.0187 e. The average Bonchev–Trinajstić information content (AvgIpc) is 2.28. The van der Waals surface area contributed by atoms with Crippen LogP contribution in [0.4, 0.5) is 0 Å². The quantitative estimate of drug-likeness (QED) is 0.679. The van der Waals surface area contributed by atoms with Crippen LogP contribution in [0, 0.1) is 11.3 Å². The molecule has 2 aliphatic heterocycles. The number of rotatable bonds is 6. The maximum Gasteiger partial charge on any atom is 0.0187 e. The fourth-order valence-corrected chi connectivity index (χ4v) is 3.67. The Balaban J connectivity index is 1.62. The highest BCUT2D eigenvalue weighted by molar-refractivity contribution is 5.00. The van der Waals surface area contributed by atoms with E-state index in [9.17, 15) is 0 Å². The van der Waals surface area contributed by atoms with Crippen molar-refractivity contribution in [1.82, 2.24) is 9.80 Å². The maximum absolute atomic E-state index is 4.03. The Bertz CT molecular complexity index is 292. The number of likely N-dealkylation sites (tertiary alicyclic amines) is 2. The fraction of sp³-hybridized carbons (Fsp3) is 0.882. The van der Waals surface area contributed by atoms with Crippen LogP contribution in [0.15, 0.2) is 12.2 Å². The third-order valence-electron chi connectivity index (χ3n) is 4.78. The molecule has 0 unspecified atom stereocenters. The van der Waals surface area contributed by atoms with Gasteiger partial charge in [-0.25, -0.2) is 0 Å². The summed E-state index contributed by atoms with van der Waals surface area (Å²) < 4.78 is 0. The zero-order valence-electron chi connectivity index (χ0n) is 13.2. The van der Waals surface area contributed by atoms with Gasteiger partial charge in [-0.3, -0.25) is 4.90 Å². The summed E-state index contributed by atoms with van der Waals surface area (Å²) in [5.74, 6) is 0.862. The Morgan fingerprint density at radius 1 is 1.16 bits per heavy atom. The fourth-order valence-electron chi connectivity index (χ4n) is 3.67.